The maximum absolute atomic E-state index is 12.2. The summed E-state index contributed by atoms with van der Waals surface area (Å²) in [6, 6.07) is 16.5. The Morgan fingerprint density at radius 1 is 1.15 bits per heavy atom. The Bertz CT molecular complexity index is 669. The Morgan fingerprint density at radius 3 is 2.60 bits per heavy atom. The highest BCUT2D eigenvalue weighted by Gasteiger charge is 2.11. The Kier molecular flexibility index (Phi) is 4.17. The number of amides is 1. The molecular weight excluding hydrogens is 248 g/mol. The van der Waals surface area contributed by atoms with Crippen molar-refractivity contribution >= 4 is 11.6 Å². The van der Waals surface area contributed by atoms with E-state index < -0.39 is 0 Å². The first-order valence-corrected chi connectivity index (χ1v) is 6.52. The van der Waals surface area contributed by atoms with Gasteiger partial charge in [0.05, 0.1) is 11.6 Å². The molecule has 0 saturated carbocycles. The number of benzene rings is 2. The summed E-state index contributed by atoms with van der Waals surface area (Å²) in [5.74, 6) is 0.132. The van der Waals surface area contributed by atoms with Gasteiger partial charge in [0.1, 0.15) is 0 Å². The van der Waals surface area contributed by atoms with E-state index in [-0.39, 0.29) is 5.91 Å². The van der Waals surface area contributed by atoms with Crippen molar-refractivity contribution < 1.29 is 4.79 Å². The van der Waals surface area contributed by atoms with E-state index >= 15 is 0 Å². The van der Waals surface area contributed by atoms with Crippen LogP contribution >= 0.6 is 0 Å². The lowest BCUT2D eigenvalue weighted by atomic mass is 10.0. The Labute approximate surface area is 118 Å². The molecule has 0 heterocycles. The van der Waals surface area contributed by atoms with Crippen LogP contribution in [0.3, 0.4) is 0 Å². The van der Waals surface area contributed by atoms with Crippen LogP contribution in [-0.2, 0) is 0 Å². The zero-order valence-corrected chi connectivity index (χ0v) is 11.6. The lowest BCUT2D eigenvalue weighted by molar-refractivity contribution is 0.102. The second-order valence-electron chi connectivity index (χ2n) is 4.89. The van der Waals surface area contributed by atoms with E-state index in [9.17, 15) is 4.79 Å². The van der Waals surface area contributed by atoms with Crippen molar-refractivity contribution in [1.82, 2.24) is 0 Å². The summed E-state index contributed by atoms with van der Waals surface area (Å²) in [4.78, 5) is 12.2. The van der Waals surface area contributed by atoms with E-state index in [1.807, 2.05) is 30.3 Å². The third-order valence-electron chi connectivity index (χ3n) is 3.08. The highest BCUT2D eigenvalue weighted by molar-refractivity contribution is 6.04. The monoisotopic (exact) mass is 264 g/mol. The largest absolute Gasteiger partial charge is 0.322 e. The number of anilines is 1. The van der Waals surface area contributed by atoms with Crippen LogP contribution in [0.15, 0.2) is 48.5 Å². The van der Waals surface area contributed by atoms with E-state index in [1.165, 1.54) is 0 Å². The van der Waals surface area contributed by atoms with Crippen molar-refractivity contribution in [1.29, 1.82) is 5.26 Å². The van der Waals surface area contributed by atoms with Crippen molar-refractivity contribution in [3.63, 3.8) is 0 Å². The highest BCUT2D eigenvalue weighted by Crippen LogP contribution is 2.24. The number of hydrogen-bond acceptors (Lipinski definition) is 2. The Balaban J connectivity index is 2.26. The number of carbonyl (C=O) groups excluding carboxylic acids is 1. The van der Waals surface area contributed by atoms with Crippen LogP contribution in [-0.4, -0.2) is 5.91 Å². The fraction of sp³-hybridized carbons (Fsp3) is 0.176. The quantitative estimate of drug-likeness (QED) is 0.913. The molecule has 0 aliphatic carbocycles. The van der Waals surface area contributed by atoms with Gasteiger partial charge in [-0.05, 0) is 35.7 Å². The van der Waals surface area contributed by atoms with Gasteiger partial charge in [0.2, 0.25) is 0 Å². The topological polar surface area (TPSA) is 52.9 Å². The molecule has 0 aliphatic heterocycles. The molecule has 0 unspecified atom stereocenters. The van der Waals surface area contributed by atoms with Gasteiger partial charge in [0, 0.05) is 11.3 Å². The number of nitriles is 1. The summed E-state index contributed by atoms with van der Waals surface area (Å²) in [5.41, 5.74) is 2.88. The number of nitrogens with one attached hydrogen (secondary N) is 1. The van der Waals surface area contributed by atoms with E-state index in [0.717, 1.165) is 11.3 Å². The highest BCUT2D eigenvalue weighted by atomic mass is 16.1. The summed E-state index contributed by atoms with van der Waals surface area (Å²) in [5, 5.41) is 11.8. The van der Waals surface area contributed by atoms with Crippen molar-refractivity contribution in [2.75, 3.05) is 5.32 Å². The molecule has 20 heavy (non-hydrogen) atoms. The molecule has 0 fully saturated rings. The van der Waals surface area contributed by atoms with Gasteiger partial charge in [0.15, 0.2) is 0 Å². The molecule has 3 heteroatoms. The van der Waals surface area contributed by atoms with Gasteiger partial charge in [-0.3, -0.25) is 4.79 Å². The molecule has 3 nitrogen and oxygen atoms in total. The lowest BCUT2D eigenvalue weighted by Crippen LogP contribution is -2.13. The summed E-state index contributed by atoms with van der Waals surface area (Å²) in [7, 11) is 0. The fourth-order valence-corrected chi connectivity index (χ4v) is 2.04. The molecule has 1 N–H and O–H groups in total. The summed E-state index contributed by atoms with van der Waals surface area (Å²) >= 11 is 0. The number of nitrogens with zero attached hydrogens (tertiary/aromatic N) is 1. The average molecular weight is 264 g/mol. The van der Waals surface area contributed by atoms with Crippen LogP contribution in [0.2, 0.25) is 0 Å². The smallest absolute Gasteiger partial charge is 0.255 e. The number of hydrogen-bond donors (Lipinski definition) is 1. The van der Waals surface area contributed by atoms with Crippen LogP contribution in [0.5, 0.6) is 0 Å². The minimum Gasteiger partial charge on any atom is -0.322 e. The number of para-hydroxylation sites is 1. The molecule has 0 atom stereocenters. The summed E-state index contributed by atoms with van der Waals surface area (Å²) in [6.07, 6.45) is 0. The first-order valence-electron chi connectivity index (χ1n) is 6.52. The second-order valence-corrected chi connectivity index (χ2v) is 4.89. The lowest BCUT2D eigenvalue weighted by Gasteiger charge is -2.13. The average Bonchev–Trinajstić information content (AvgIpc) is 2.47. The maximum Gasteiger partial charge on any atom is 0.255 e. The molecular formula is C17H16N2O. The van der Waals surface area contributed by atoms with Gasteiger partial charge in [-0.1, -0.05) is 38.1 Å². The van der Waals surface area contributed by atoms with E-state index in [0.29, 0.717) is 17.0 Å². The molecule has 0 radical (unpaired) electrons. The third kappa shape index (κ3) is 3.04. The van der Waals surface area contributed by atoms with Crippen LogP contribution in [0.25, 0.3) is 0 Å². The van der Waals surface area contributed by atoms with Crippen LogP contribution < -0.4 is 5.32 Å². The van der Waals surface area contributed by atoms with Crippen molar-refractivity contribution in [3.05, 3.63) is 65.2 Å². The Hall–Kier alpha value is -2.60. The van der Waals surface area contributed by atoms with Gasteiger partial charge >= 0.3 is 0 Å². The molecule has 2 aromatic rings. The maximum atomic E-state index is 12.2. The first-order chi connectivity index (χ1) is 9.61. The molecule has 0 spiro atoms. The summed E-state index contributed by atoms with van der Waals surface area (Å²) in [6.45, 7) is 4.17. The Morgan fingerprint density at radius 2 is 1.90 bits per heavy atom. The molecule has 0 aliphatic rings. The minimum absolute atomic E-state index is 0.199. The van der Waals surface area contributed by atoms with Gasteiger partial charge in [-0.25, -0.2) is 0 Å². The molecule has 2 rings (SSSR count). The van der Waals surface area contributed by atoms with E-state index in [1.54, 1.807) is 24.3 Å². The summed E-state index contributed by atoms with van der Waals surface area (Å²) < 4.78 is 0. The van der Waals surface area contributed by atoms with Crippen LogP contribution in [0, 0.1) is 11.3 Å². The predicted octanol–water partition coefficient (Wildman–Crippen LogP) is 3.93. The van der Waals surface area contributed by atoms with E-state index in [4.69, 9.17) is 5.26 Å². The van der Waals surface area contributed by atoms with Gasteiger partial charge < -0.3 is 5.32 Å². The second kappa shape index (κ2) is 6.03. The SMILES string of the molecule is CC(C)c1ccccc1NC(=O)c1cccc(C#N)c1. The zero-order chi connectivity index (χ0) is 14.5. The number of rotatable bonds is 3. The standard InChI is InChI=1S/C17H16N2O/c1-12(2)15-8-3-4-9-16(15)19-17(20)14-7-5-6-13(10-14)11-18/h3-10,12H,1-2H3,(H,19,20). The fourth-order valence-electron chi connectivity index (χ4n) is 2.04. The molecule has 1 amide bonds. The zero-order valence-electron chi connectivity index (χ0n) is 11.6. The third-order valence-corrected chi connectivity index (χ3v) is 3.08. The molecule has 0 aromatic heterocycles. The van der Waals surface area contributed by atoms with Gasteiger partial charge in [-0.2, -0.15) is 5.26 Å². The van der Waals surface area contributed by atoms with Crippen molar-refractivity contribution in [2.24, 2.45) is 0 Å². The van der Waals surface area contributed by atoms with E-state index in [2.05, 4.69) is 19.2 Å². The molecule has 0 saturated heterocycles. The van der Waals surface area contributed by atoms with Crippen molar-refractivity contribution in [3.8, 4) is 6.07 Å². The van der Waals surface area contributed by atoms with Gasteiger partial charge in [-0.15, -0.1) is 0 Å². The van der Waals surface area contributed by atoms with Crippen LogP contribution in [0.1, 0.15) is 41.3 Å². The minimum atomic E-state index is -0.199. The van der Waals surface area contributed by atoms with Crippen molar-refractivity contribution in [2.45, 2.75) is 19.8 Å². The predicted molar refractivity (Wildman–Crippen MR) is 79.6 cm³/mol. The molecule has 100 valence electrons. The first kappa shape index (κ1) is 13.8. The molecule has 0 bridgehead atoms. The molecule has 2 aromatic carbocycles. The number of carbonyl (C=O) groups is 1. The normalized spacial score (nSPS) is 10.1. The van der Waals surface area contributed by atoms with Gasteiger partial charge in [0.25, 0.3) is 5.91 Å². The van der Waals surface area contributed by atoms with Crippen LogP contribution in [0.4, 0.5) is 5.69 Å².